The Labute approximate surface area is 72.3 Å². The lowest BCUT2D eigenvalue weighted by atomic mass is 10.2. The third-order valence-electron chi connectivity index (χ3n) is 0.803. The Bertz CT molecular complexity index is 96.2. The molecule has 11 heavy (non-hydrogen) atoms. The van der Waals surface area contributed by atoms with Crippen molar-refractivity contribution in [3.05, 3.63) is 0 Å². The molecule has 0 unspecified atom stereocenters. The van der Waals surface area contributed by atoms with E-state index in [0.29, 0.717) is 0 Å². The molecule has 0 aliphatic heterocycles. The van der Waals surface area contributed by atoms with Crippen LogP contribution in [0.5, 0.6) is 0 Å². The Hall–Kier alpha value is 0.137. The fourth-order valence-corrected chi connectivity index (χ4v) is 0.938. The summed E-state index contributed by atoms with van der Waals surface area (Å²) in [5, 5.41) is 0. The minimum Gasteiger partial charge on any atom is -0.391 e. The van der Waals surface area contributed by atoms with Crippen LogP contribution in [-0.2, 0) is 8.85 Å². The highest BCUT2D eigenvalue weighted by Gasteiger charge is 2.15. The highest BCUT2D eigenvalue weighted by Crippen LogP contribution is 2.09. The van der Waals surface area contributed by atoms with Gasteiger partial charge in [-0.3, -0.25) is 0 Å². The molecule has 67 valence electrons. The van der Waals surface area contributed by atoms with Crippen molar-refractivity contribution < 1.29 is 8.85 Å². The van der Waals surface area contributed by atoms with Crippen molar-refractivity contribution >= 4 is 10.0 Å². The molecule has 0 aromatic heterocycles. The van der Waals surface area contributed by atoms with Gasteiger partial charge in [-0.15, -0.1) is 0 Å². The van der Waals surface area contributed by atoms with Crippen molar-refractivity contribution in [2.45, 2.75) is 52.7 Å². The Morgan fingerprint density at radius 3 is 1.18 bits per heavy atom. The van der Waals surface area contributed by atoms with Crippen LogP contribution in [0.2, 0.25) is 0 Å². The van der Waals surface area contributed by atoms with Gasteiger partial charge < -0.3 is 8.85 Å². The lowest BCUT2D eigenvalue weighted by Gasteiger charge is -2.24. The largest absolute Gasteiger partial charge is 0.391 e. The molecule has 0 amide bonds. The Morgan fingerprint density at radius 1 is 0.727 bits per heavy atom. The van der Waals surface area contributed by atoms with E-state index in [1.54, 1.807) is 0 Å². The van der Waals surface area contributed by atoms with Gasteiger partial charge in [0, 0.05) is 11.2 Å². The SMILES string of the molecule is CC(C)(C)O[SiH]OC(C)(C)C. The predicted octanol–water partition coefficient (Wildman–Crippen LogP) is 1.88. The monoisotopic (exact) mass is 175 g/mol. The molecule has 0 N–H and O–H groups in total. The molecule has 0 aliphatic carbocycles. The standard InChI is InChI=1S/C8H19O2Si/c1-7(2,3)9-11-10-8(4,5)6/h11H,1-6H3. The maximum atomic E-state index is 5.47. The van der Waals surface area contributed by atoms with Gasteiger partial charge in [0.1, 0.15) is 0 Å². The first-order valence-corrected chi connectivity index (χ1v) is 4.82. The number of rotatable bonds is 2. The second-order valence-corrected chi connectivity index (χ2v) is 5.22. The zero-order valence-electron chi connectivity index (χ0n) is 8.39. The van der Waals surface area contributed by atoms with Crippen LogP contribution in [0, 0.1) is 0 Å². The van der Waals surface area contributed by atoms with Crippen molar-refractivity contribution in [1.29, 1.82) is 0 Å². The maximum absolute atomic E-state index is 5.47. The molecule has 0 aliphatic rings. The van der Waals surface area contributed by atoms with Gasteiger partial charge in [-0.25, -0.2) is 0 Å². The number of hydrogen-bond acceptors (Lipinski definition) is 2. The average Bonchev–Trinajstić information content (AvgIpc) is 1.55. The van der Waals surface area contributed by atoms with E-state index < -0.39 is 0 Å². The van der Waals surface area contributed by atoms with Crippen molar-refractivity contribution in [3.8, 4) is 0 Å². The summed E-state index contributed by atoms with van der Waals surface area (Å²) in [7, 11) is -0.331. The van der Waals surface area contributed by atoms with Crippen LogP contribution in [0.1, 0.15) is 41.5 Å². The quantitative estimate of drug-likeness (QED) is 0.597. The second-order valence-electron chi connectivity index (χ2n) is 4.56. The van der Waals surface area contributed by atoms with Crippen LogP contribution >= 0.6 is 0 Å². The summed E-state index contributed by atoms with van der Waals surface area (Å²) in [6.45, 7) is 12.2. The molecular weight excluding hydrogens is 156 g/mol. The third-order valence-corrected chi connectivity index (χ3v) is 2.41. The van der Waals surface area contributed by atoms with E-state index in [2.05, 4.69) is 0 Å². The lowest BCUT2D eigenvalue weighted by Crippen LogP contribution is -2.29. The molecular formula is C8H19O2Si. The van der Waals surface area contributed by atoms with E-state index in [4.69, 9.17) is 8.85 Å². The Balaban J connectivity index is 3.44. The number of hydrogen-bond donors (Lipinski definition) is 0. The van der Waals surface area contributed by atoms with Gasteiger partial charge in [0.2, 0.25) is 0 Å². The van der Waals surface area contributed by atoms with E-state index in [1.165, 1.54) is 0 Å². The minimum atomic E-state index is -0.331. The summed E-state index contributed by atoms with van der Waals surface area (Å²) in [5.74, 6) is 0. The highest BCUT2D eigenvalue weighted by atomic mass is 28.3. The van der Waals surface area contributed by atoms with Crippen molar-refractivity contribution in [1.82, 2.24) is 0 Å². The van der Waals surface area contributed by atoms with Gasteiger partial charge in [0.25, 0.3) is 0 Å². The smallest absolute Gasteiger partial charge is 0.365 e. The summed E-state index contributed by atoms with van der Waals surface area (Å²) in [6.07, 6.45) is 0. The van der Waals surface area contributed by atoms with E-state index >= 15 is 0 Å². The molecule has 0 heterocycles. The molecule has 0 aromatic carbocycles. The van der Waals surface area contributed by atoms with Crippen molar-refractivity contribution in [2.24, 2.45) is 0 Å². The maximum Gasteiger partial charge on any atom is 0.365 e. The molecule has 0 atom stereocenters. The fourth-order valence-electron chi connectivity index (χ4n) is 0.313. The van der Waals surface area contributed by atoms with E-state index in [0.717, 1.165) is 0 Å². The normalized spacial score (nSPS) is 13.6. The third kappa shape index (κ3) is 10.1. The summed E-state index contributed by atoms with van der Waals surface area (Å²) in [6, 6.07) is 0. The van der Waals surface area contributed by atoms with Gasteiger partial charge in [-0.05, 0) is 41.5 Å². The molecule has 1 radical (unpaired) electrons. The van der Waals surface area contributed by atoms with E-state index in [9.17, 15) is 0 Å². The summed E-state index contributed by atoms with van der Waals surface area (Å²) >= 11 is 0. The van der Waals surface area contributed by atoms with Gasteiger partial charge in [0.15, 0.2) is 0 Å². The summed E-state index contributed by atoms with van der Waals surface area (Å²) < 4.78 is 10.9. The Kier molecular flexibility index (Phi) is 3.74. The van der Waals surface area contributed by atoms with Crippen LogP contribution in [0.15, 0.2) is 0 Å². The topological polar surface area (TPSA) is 18.5 Å². The van der Waals surface area contributed by atoms with Gasteiger partial charge in [0.05, 0.1) is 0 Å². The Morgan fingerprint density at radius 2 is 1.00 bits per heavy atom. The molecule has 0 aromatic rings. The van der Waals surface area contributed by atoms with E-state index in [1.807, 2.05) is 41.5 Å². The molecule has 2 nitrogen and oxygen atoms in total. The van der Waals surface area contributed by atoms with Crippen LogP contribution in [0.4, 0.5) is 0 Å². The molecule has 0 fully saturated rings. The second kappa shape index (κ2) is 3.69. The molecule has 0 spiro atoms. The molecule has 0 rings (SSSR count). The van der Waals surface area contributed by atoms with Crippen molar-refractivity contribution in [2.75, 3.05) is 0 Å². The van der Waals surface area contributed by atoms with E-state index in [-0.39, 0.29) is 21.2 Å². The summed E-state index contributed by atoms with van der Waals surface area (Å²) in [4.78, 5) is 0. The first-order valence-electron chi connectivity index (χ1n) is 3.88. The van der Waals surface area contributed by atoms with Gasteiger partial charge in [-0.2, -0.15) is 0 Å². The molecule has 0 saturated carbocycles. The highest BCUT2D eigenvalue weighted by molar-refractivity contribution is 6.18. The molecule has 0 saturated heterocycles. The van der Waals surface area contributed by atoms with Crippen LogP contribution in [0.3, 0.4) is 0 Å². The minimum absolute atomic E-state index is 0.0689. The predicted molar refractivity (Wildman–Crippen MR) is 48.8 cm³/mol. The van der Waals surface area contributed by atoms with Crippen LogP contribution in [0.25, 0.3) is 0 Å². The summed E-state index contributed by atoms with van der Waals surface area (Å²) in [5.41, 5.74) is -0.138. The zero-order valence-corrected chi connectivity index (χ0v) is 9.55. The first kappa shape index (κ1) is 11.1. The van der Waals surface area contributed by atoms with Gasteiger partial charge in [-0.1, -0.05) is 0 Å². The molecule has 0 bridgehead atoms. The average molecular weight is 175 g/mol. The van der Waals surface area contributed by atoms with Crippen LogP contribution < -0.4 is 0 Å². The fraction of sp³-hybridized carbons (Fsp3) is 1.00. The zero-order chi connectivity index (χ0) is 9.12. The van der Waals surface area contributed by atoms with Crippen LogP contribution in [-0.4, -0.2) is 21.2 Å². The lowest BCUT2D eigenvalue weighted by molar-refractivity contribution is 0.0511. The molecule has 3 heteroatoms. The van der Waals surface area contributed by atoms with Gasteiger partial charge >= 0.3 is 10.0 Å². The first-order chi connectivity index (χ1) is 4.71. The van der Waals surface area contributed by atoms with Crippen molar-refractivity contribution in [3.63, 3.8) is 0 Å².